The molecule has 0 saturated carbocycles. The van der Waals surface area contributed by atoms with E-state index >= 15 is 0 Å². The van der Waals surface area contributed by atoms with Crippen LogP contribution in [0.4, 0.5) is 0 Å². The molecular weight excluding hydrogens is 350 g/mol. The number of hydrogen-bond donors (Lipinski definition) is 1. The zero-order valence-corrected chi connectivity index (χ0v) is 14.8. The van der Waals surface area contributed by atoms with Gasteiger partial charge in [-0.1, -0.05) is 0 Å². The van der Waals surface area contributed by atoms with Gasteiger partial charge in [0.15, 0.2) is 23.1 Å². The van der Waals surface area contributed by atoms with Crippen LogP contribution in [0, 0.1) is 6.92 Å². The number of hydrogen-bond acceptors (Lipinski definition) is 7. The van der Waals surface area contributed by atoms with Crippen molar-refractivity contribution in [2.75, 3.05) is 13.9 Å². The first-order valence-electron chi connectivity index (χ1n) is 8.20. The molecule has 1 aliphatic rings. The van der Waals surface area contributed by atoms with E-state index in [9.17, 15) is 4.79 Å². The standard InChI is InChI=1S/C18H17N5O4/c1-10-5-12(15(25-2)8-20-10)18-21-17(7-16(19)24)22-23(18)11-3-4-13-14(6-11)27-9-26-13/h3-6,8H,7,9H2,1-2H3,(H2,19,24). The Morgan fingerprint density at radius 3 is 2.89 bits per heavy atom. The number of aryl methyl sites for hydroxylation is 1. The van der Waals surface area contributed by atoms with Gasteiger partial charge in [-0.2, -0.15) is 5.10 Å². The number of nitrogens with zero attached hydrogens (tertiary/aromatic N) is 4. The molecule has 27 heavy (non-hydrogen) atoms. The Morgan fingerprint density at radius 1 is 1.30 bits per heavy atom. The number of carbonyl (C=O) groups excluding carboxylic acids is 1. The van der Waals surface area contributed by atoms with Crippen molar-refractivity contribution < 1.29 is 19.0 Å². The molecule has 0 radical (unpaired) electrons. The predicted molar refractivity (Wildman–Crippen MR) is 94.9 cm³/mol. The largest absolute Gasteiger partial charge is 0.494 e. The Hall–Kier alpha value is -3.62. The van der Waals surface area contributed by atoms with Gasteiger partial charge in [0.1, 0.15) is 5.75 Å². The Balaban J connectivity index is 1.89. The second-order valence-corrected chi connectivity index (χ2v) is 5.97. The van der Waals surface area contributed by atoms with E-state index in [-0.39, 0.29) is 13.2 Å². The molecule has 1 amide bonds. The summed E-state index contributed by atoms with van der Waals surface area (Å²) in [4.78, 5) is 20.1. The van der Waals surface area contributed by atoms with Crippen molar-refractivity contribution in [1.82, 2.24) is 19.7 Å². The highest BCUT2D eigenvalue weighted by Crippen LogP contribution is 2.36. The third kappa shape index (κ3) is 3.14. The van der Waals surface area contributed by atoms with Crippen LogP contribution in [0.3, 0.4) is 0 Å². The molecular formula is C18H17N5O4. The number of carbonyl (C=O) groups is 1. The molecule has 0 bridgehead atoms. The van der Waals surface area contributed by atoms with Gasteiger partial charge in [0.25, 0.3) is 0 Å². The Kier molecular flexibility index (Phi) is 4.11. The molecule has 0 saturated heterocycles. The molecule has 138 valence electrons. The van der Waals surface area contributed by atoms with Crippen molar-refractivity contribution >= 4 is 5.91 Å². The maximum absolute atomic E-state index is 11.4. The van der Waals surface area contributed by atoms with Gasteiger partial charge < -0.3 is 19.9 Å². The van der Waals surface area contributed by atoms with E-state index in [0.29, 0.717) is 40.1 Å². The second kappa shape index (κ2) is 6.60. The average Bonchev–Trinajstić information content (AvgIpc) is 3.27. The molecule has 0 fully saturated rings. The van der Waals surface area contributed by atoms with E-state index in [4.69, 9.17) is 19.9 Å². The van der Waals surface area contributed by atoms with Crippen LogP contribution in [0.1, 0.15) is 11.5 Å². The first-order chi connectivity index (χ1) is 13.0. The number of fused-ring (bicyclic) bond motifs is 1. The zero-order valence-electron chi connectivity index (χ0n) is 14.8. The van der Waals surface area contributed by atoms with Crippen LogP contribution in [-0.4, -0.2) is 39.6 Å². The van der Waals surface area contributed by atoms with Crippen molar-refractivity contribution in [2.24, 2.45) is 5.73 Å². The van der Waals surface area contributed by atoms with Crippen LogP contribution in [-0.2, 0) is 11.2 Å². The summed E-state index contributed by atoms with van der Waals surface area (Å²) in [6.07, 6.45) is 1.55. The monoisotopic (exact) mass is 367 g/mol. The molecule has 1 aliphatic heterocycles. The van der Waals surface area contributed by atoms with Gasteiger partial charge in [-0.15, -0.1) is 0 Å². The lowest BCUT2D eigenvalue weighted by atomic mass is 10.2. The molecule has 0 atom stereocenters. The van der Waals surface area contributed by atoms with Crippen LogP contribution in [0.2, 0.25) is 0 Å². The van der Waals surface area contributed by atoms with Gasteiger partial charge in [0.05, 0.1) is 31.0 Å². The first-order valence-corrected chi connectivity index (χ1v) is 8.20. The maximum atomic E-state index is 11.4. The molecule has 9 nitrogen and oxygen atoms in total. The zero-order chi connectivity index (χ0) is 19.0. The summed E-state index contributed by atoms with van der Waals surface area (Å²) in [6, 6.07) is 7.28. The molecule has 1 aromatic carbocycles. The summed E-state index contributed by atoms with van der Waals surface area (Å²) in [7, 11) is 1.56. The number of nitrogens with two attached hydrogens (primary N) is 1. The Labute approximate surface area is 154 Å². The van der Waals surface area contributed by atoms with E-state index in [0.717, 1.165) is 5.69 Å². The average molecular weight is 367 g/mol. The lowest BCUT2D eigenvalue weighted by molar-refractivity contribution is -0.117. The minimum Gasteiger partial charge on any atom is -0.494 e. The number of ether oxygens (including phenoxy) is 3. The van der Waals surface area contributed by atoms with Crippen molar-refractivity contribution in [3.8, 4) is 34.3 Å². The normalized spacial score (nSPS) is 12.2. The first kappa shape index (κ1) is 16.8. The number of aromatic nitrogens is 4. The maximum Gasteiger partial charge on any atom is 0.231 e. The van der Waals surface area contributed by atoms with Crippen LogP contribution in [0.5, 0.6) is 17.2 Å². The van der Waals surface area contributed by atoms with Crippen molar-refractivity contribution in [2.45, 2.75) is 13.3 Å². The lowest BCUT2D eigenvalue weighted by Gasteiger charge is -2.10. The highest BCUT2D eigenvalue weighted by atomic mass is 16.7. The molecule has 4 rings (SSSR count). The van der Waals surface area contributed by atoms with Gasteiger partial charge in [0.2, 0.25) is 12.7 Å². The number of pyridine rings is 1. The SMILES string of the molecule is COc1cnc(C)cc1-c1nc(CC(N)=O)nn1-c1ccc2c(c1)OCO2. The van der Waals surface area contributed by atoms with E-state index < -0.39 is 5.91 Å². The quantitative estimate of drug-likeness (QED) is 0.725. The van der Waals surface area contributed by atoms with Crippen molar-refractivity contribution in [3.05, 3.63) is 42.0 Å². The van der Waals surface area contributed by atoms with Gasteiger partial charge in [-0.05, 0) is 25.1 Å². The van der Waals surface area contributed by atoms with Crippen LogP contribution >= 0.6 is 0 Å². The summed E-state index contributed by atoms with van der Waals surface area (Å²) < 4.78 is 17.9. The number of primary amides is 1. The molecule has 0 unspecified atom stereocenters. The highest BCUT2D eigenvalue weighted by Gasteiger charge is 2.21. The number of rotatable bonds is 5. The van der Waals surface area contributed by atoms with Gasteiger partial charge in [0, 0.05) is 11.8 Å². The topological polar surface area (TPSA) is 114 Å². The summed E-state index contributed by atoms with van der Waals surface area (Å²) >= 11 is 0. The summed E-state index contributed by atoms with van der Waals surface area (Å²) in [5, 5.41) is 4.46. The summed E-state index contributed by atoms with van der Waals surface area (Å²) in [5.41, 5.74) is 7.51. The van der Waals surface area contributed by atoms with Crippen molar-refractivity contribution in [3.63, 3.8) is 0 Å². The molecule has 2 N–H and O–H groups in total. The minimum absolute atomic E-state index is 0.0725. The summed E-state index contributed by atoms with van der Waals surface area (Å²) in [5.74, 6) is 2.13. The summed E-state index contributed by atoms with van der Waals surface area (Å²) in [6.45, 7) is 2.04. The molecule has 3 aromatic rings. The highest BCUT2D eigenvalue weighted by molar-refractivity contribution is 5.76. The fourth-order valence-corrected chi connectivity index (χ4v) is 2.84. The van der Waals surface area contributed by atoms with E-state index in [1.807, 2.05) is 19.1 Å². The minimum atomic E-state index is -0.512. The molecule has 0 aliphatic carbocycles. The second-order valence-electron chi connectivity index (χ2n) is 5.97. The fraction of sp³-hybridized carbons (Fsp3) is 0.222. The van der Waals surface area contributed by atoms with Crippen molar-refractivity contribution in [1.29, 1.82) is 0 Å². The lowest BCUT2D eigenvalue weighted by Crippen LogP contribution is -2.14. The predicted octanol–water partition coefficient (Wildman–Crippen LogP) is 1.40. The van der Waals surface area contributed by atoms with Crippen LogP contribution < -0.4 is 19.9 Å². The van der Waals surface area contributed by atoms with E-state index in [1.165, 1.54) is 0 Å². The smallest absolute Gasteiger partial charge is 0.231 e. The molecule has 0 spiro atoms. The van der Waals surface area contributed by atoms with Crippen LogP contribution in [0.15, 0.2) is 30.5 Å². The van der Waals surface area contributed by atoms with E-state index in [2.05, 4.69) is 15.1 Å². The third-order valence-electron chi connectivity index (χ3n) is 4.05. The van der Waals surface area contributed by atoms with Gasteiger partial charge >= 0.3 is 0 Å². The third-order valence-corrected chi connectivity index (χ3v) is 4.05. The number of benzene rings is 1. The fourth-order valence-electron chi connectivity index (χ4n) is 2.84. The van der Waals surface area contributed by atoms with Gasteiger partial charge in [-0.25, -0.2) is 9.67 Å². The van der Waals surface area contributed by atoms with E-state index in [1.54, 1.807) is 30.1 Å². The van der Waals surface area contributed by atoms with Crippen LogP contribution in [0.25, 0.3) is 17.1 Å². The van der Waals surface area contributed by atoms with Gasteiger partial charge in [-0.3, -0.25) is 9.78 Å². The Morgan fingerprint density at radius 2 is 2.11 bits per heavy atom. The number of amides is 1. The molecule has 9 heteroatoms. The number of methoxy groups -OCH3 is 1. The molecule has 3 heterocycles. The Bertz CT molecular complexity index is 1030. The molecule has 2 aromatic heterocycles.